The smallest absolute Gasteiger partial charge is 0.0546 e. The molecule has 0 aliphatic rings. The van der Waals surface area contributed by atoms with Gasteiger partial charge in [0, 0.05) is 0 Å². The number of aliphatic hydroxyl groups excluding tert-OH is 1. The van der Waals surface area contributed by atoms with Crippen molar-refractivity contribution in [1.29, 1.82) is 0 Å². The second-order valence-electron chi connectivity index (χ2n) is 4.47. The molecule has 0 saturated heterocycles. The number of rotatable bonds is 10. The van der Waals surface area contributed by atoms with Gasteiger partial charge in [-0.15, -0.1) is 0 Å². The van der Waals surface area contributed by atoms with Gasteiger partial charge in [-0.2, -0.15) is 0 Å². The summed E-state index contributed by atoms with van der Waals surface area (Å²) in [7, 11) is 0. The number of allylic oxidation sites excluding steroid dienone is 1. The molecule has 0 aliphatic carbocycles. The topological polar surface area (TPSA) is 20.2 Å². The molecule has 0 amide bonds. The lowest BCUT2D eigenvalue weighted by Gasteiger charge is -1.99. The van der Waals surface area contributed by atoms with Crippen molar-refractivity contribution in [3.05, 3.63) is 12.2 Å². The lowest BCUT2D eigenvalue weighted by molar-refractivity contribution is 0.198. The van der Waals surface area contributed by atoms with E-state index in [-0.39, 0.29) is 6.10 Å². The molecule has 0 aromatic heterocycles. The zero-order chi connectivity index (χ0) is 11.4. The molecule has 90 valence electrons. The van der Waals surface area contributed by atoms with Crippen LogP contribution in [0.5, 0.6) is 0 Å². The maximum atomic E-state index is 9.02. The van der Waals surface area contributed by atoms with Crippen LogP contribution in [0.1, 0.15) is 71.6 Å². The molecule has 0 heterocycles. The summed E-state index contributed by atoms with van der Waals surface area (Å²) in [6.45, 7) is 4.09. The fraction of sp³-hybridized carbons (Fsp3) is 0.857. The lowest BCUT2D eigenvalue weighted by Crippen LogP contribution is -1.95. The first-order chi connectivity index (χ1) is 7.27. The number of unbranched alkanes of at least 4 members (excludes halogenated alkanes) is 7. The molecular formula is C14H28O. The van der Waals surface area contributed by atoms with E-state index in [1.54, 1.807) is 0 Å². The largest absolute Gasteiger partial charge is 0.393 e. The standard InChI is InChI=1S/C14H28O/c1-3-4-5-6-7-8-9-10-11-12-13-14(2)15/h11-12,14-15H,3-10,13H2,1-2H3. The van der Waals surface area contributed by atoms with Crippen LogP contribution in [0, 0.1) is 0 Å². The van der Waals surface area contributed by atoms with Crippen molar-refractivity contribution in [3.8, 4) is 0 Å². The first-order valence-electron chi connectivity index (χ1n) is 6.60. The molecular weight excluding hydrogens is 184 g/mol. The van der Waals surface area contributed by atoms with E-state index in [4.69, 9.17) is 5.11 Å². The Balaban J connectivity index is 3.01. The third-order valence-corrected chi connectivity index (χ3v) is 2.62. The van der Waals surface area contributed by atoms with Gasteiger partial charge >= 0.3 is 0 Å². The predicted octanol–water partition coefficient (Wildman–Crippen LogP) is 4.45. The third-order valence-electron chi connectivity index (χ3n) is 2.62. The van der Waals surface area contributed by atoms with Crippen LogP contribution >= 0.6 is 0 Å². The minimum atomic E-state index is -0.185. The highest BCUT2D eigenvalue weighted by Gasteiger charge is 1.90. The van der Waals surface area contributed by atoms with Gasteiger partial charge in [0.05, 0.1) is 6.10 Å². The number of hydrogen-bond donors (Lipinski definition) is 1. The summed E-state index contributed by atoms with van der Waals surface area (Å²) < 4.78 is 0. The summed E-state index contributed by atoms with van der Waals surface area (Å²) in [5.74, 6) is 0. The molecule has 1 nitrogen and oxygen atoms in total. The van der Waals surface area contributed by atoms with E-state index in [0.717, 1.165) is 6.42 Å². The fourth-order valence-corrected chi connectivity index (χ4v) is 1.63. The van der Waals surface area contributed by atoms with E-state index in [2.05, 4.69) is 19.1 Å². The Kier molecular flexibility index (Phi) is 11.5. The highest BCUT2D eigenvalue weighted by atomic mass is 16.3. The van der Waals surface area contributed by atoms with E-state index in [0.29, 0.717) is 0 Å². The molecule has 1 N–H and O–H groups in total. The van der Waals surface area contributed by atoms with Crippen LogP contribution in [0.25, 0.3) is 0 Å². The Hall–Kier alpha value is -0.300. The van der Waals surface area contributed by atoms with Crippen molar-refractivity contribution in [1.82, 2.24) is 0 Å². The summed E-state index contributed by atoms with van der Waals surface area (Å²) in [6.07, 6.45) is 15.7. The van der Waals surface area contributed by atoms with E-state index in [1.807, 2.05) is 6.92 Å². The van der Waals surface area contributed by atoms with Crippen LogP contribution in [-0.4, -0.2) is 11.2 Å². The van der Waals surface area contributed by atoms with Crippen LogP contribution in [0.2, 0.25) is 0 Å². The zero-order valence-corrected chi connectivity index (χ0v) is 10.5. The second-order valence-corrected chi connectivity index (χ2v) is 4.47. The van der Waals surface area contributed by atoms with Crippen LogP contribution < -0.4 is 0 Å². The van der Waals surface area contributed by atoms with E-state index in [1.165, 1.54) is 51.4 Å². The summed E-state index contributed by atoms with van der Waals surface area (Å²) in [5.41, 5.74) is 0. The Labute approximate surface area is 95.6 Å². The molecule has 0 aromatic rings. The molecule has 0 saturated carbocycles. The Morgan fingerprint density at radius 3 is 2.13 bits per heavy atom. The fourth-order valence-electron chi connectivity index (χ4n) is 1.63. The predicted molar refractivity (Wildman–Crippen MR) is 68.0 cm³/mol. The number of hydrogen-bond acceptors (Lipinski definition) is 1. The molecule has 0 aromatic carbocycles. The summed E-state index contributed by atoms with van der Waals surface area (Å²) >= 11 is 0. The maximum Gasteiger partial charge on any atom is 0.0546 e. The van der Waals surface area contributed by atoms with Gasteiger partial charge in [0.25, 0.3) is 0 Å². The Morgan fingerprint density at radius 1 is 0.933 bits per heavy atom. The molecule has 0 spiro atoms. The molecule has 15 heavy (non-hydrogen) atoms. The van der Waals surface area contributed by atoms with Gasteiger partial charge in [0.1, 0.15) is 0 Å². The minimum absolute atomic E-state index is 0.185. The van der Waals surface area contributed by atoms with Gasteiger partial charge in [-0.05, 0) is 26.2 Å². The van der Waals surface area contributed by atoms with Crippen molar-refractivity contribution in [2.45, 2.75) is 77.7 Å². The first-order valence-corrected chi connectivity index (χ1v) is 6.60. The second kappa shape index (κ2) is 11.8. The average Bonchev–Trinajstić information content (AvgIpc) is 2.20. The molecule has 0 bridgehead atoms. The minimum Gasteiger partial charge on any atom is -0.393 e. The van der Waals surface area contributed by atoms with E-state index < -0.39 is 0 Å². The molecule has 0 aliphatic heterocycles. The first kappa shape index (κ1) is 14.7. The van der Waals surface area contributed by atoms with Gasteiger partial charge < -0.3 is 5.11 Å². The van der Waals surface area contributed by atoms with Crippen molar-refractivity contribution >= 4 is 0 Å². The van der Waals surface area contributed by atoms with Crippen molar-refractivity contribution < 1.29 is 5.11 Å². The molecule has 0 fully saturated rings. The van der Waals surface area contributed by atoms with Crippen molar-refractivity contribution in [3.63, 3.8) is 0 Å². The number of aliphatic hydroxyl groups is 1. The summed E-state index contributed by atoms with van der Waals surface area (Å²) in [5, 5.41) is 9.02. The summed E-state index contributed by atoms with van der Waals surface area (Å²) in [4.78, 5) is 0. The SMILES string of the molecule is CCCCCCCCCC=CCC(C)O. The molecule has 1 unspecified atom stereocenters. The quantitative estimate of drug-likeness (QED) is 0.419. The highest BCUT2D eigenvalue weighted by molar-refractivity contribution is 4.82. The van der Waals surface area contributed by atoms with Crippen molar-refractivity contribution in [2.75, 3.05) is 0 Å². The van der Waals surface area contributed by atoms with E-state index in [9.17, 15) is 0 Å². The Bertz CT molecular complexity index is 138. The Morgan fingerprint density at radius 2 is 1.53 bits per heavy atom. The lowest BCUT2D eigenvalue weighted by atomic mass is 10.1. The van der Waals surface area contributed by atoms with Crippen LogP contribution in [0.15, 0.2) is 12.2 Å². The van der Waals surface area contributed by atoms with Gasteiger partial charge in [0.2, 0.25) is 0 Å². The van der Waals surface area contributed by atoms with Crippen LogP contribution in [0.3, 0.4) is 0 Å². The van der Waals surface area contributed by atoms with Gasteiger partial charge in [-0.3, -0.25) is 0 Å². The molecule has 0 rings (SSSR count). The normalized spacial score (nSPS) is 13.5. The van der Waals surface area contributed by atoms with Gasteiger partial charge in [0.15, 0.2) is 0 Å². The average molecular weight is 212 g/mol. The van der Waals surface area contributed by atoms with Gasteiger partial charge in [-0.25, -0.2) is 0 Å². The molecule has 0 radical (unpaired) electrons. The van der Waals surface area contributed by atoms with Crippen molar-refractivity contribution in [2.24, 2.45) is 0 Å². The molecule has 1 heteroatoms. The van der Waals surface area contributed by atoms with Crippen LogP contribution in [0.4, 0.5) is 0 Å². The third kappa shape index (κ3) is 13.7. The summed E-state index contributed by atoms with van der Waals surface area (Å²) in [6, 6.07) is 0. The highest BCUT2D eigenvalue weighted by Crippen LogP contribution is 2.08. The monoisotopic (exact) mass is 212 g/mol. The maximum absolute atomic E-state index is 9.02. The van der Waals surface area contributed by atoms with Gasteiger partial charge in [-0.1, -0.05) is 57.6 Å². The van der Waals surface area contributed by atoms with E-state index >= 15 is 0 Å². The zero-order valence-electron chi connectivity index (χ0n) is 10.5. The molecule has 1 atom stereocenters. The van der Waals surface area contributed by atoms with Crippen LogP contribution in [-0.2, 0) is 0 Å².